The van der Waals surface area contributed by atoms with Crippen molar-refractivity contribution in [3.05, 3.63) is 35.9 Å². The first-order chi connectivity index (χ1) is 13.6. The van der Waals surface area contributed by atoms with Crippen LogP contribution >= 0.6 is 0 Å². The number of carbonyl (C=O) groups is 1. The fraction of sp³-hybridized carbons (Fsp3) is 0.708. The molecule has 0 aliphatic carbocycles. The molecule has 162 valence electrons. The topological polar surface area (TPSA) is 49.4 Å². The fourth-order valence-electron chi connectivity index (χ4n) is 3.44. The summed E-state index contributed by atoms with van der Waals surface area (Å²) in [5, 5.41) is 9.58. The van der Waals surface area contributed by atoms with Gasteiger partial charge in [0.05, 0.1) is 32.6 Å². The summed E-state index contributed by atoms with van der Waals surface area (Å²) in [6, 6.07) is 8.96. The minimum atomic E-state index is -0.754. The van der Waals surface area contributed by atoms with Crippen molar-refractivity contribution in [1.29, 1.82) is 0 Å². The summed E-state index contributed by atoms with van der Waals surface area (Å²) >= 11 is 0. The third-order valence-corrected chi connectivity index (χ3v) is 5.23. The van der Waals surface area contributed by atoms with E-state index in [4.69, 9.17) is 0 Å². The summed E-state index contributed by atoms with van der Waals surface area (Å²) in [6.07, 6.45) is 11.1. The Balaban J connectivity index is 0.000000567. The zero-order chi connectivity index (χ0) is 21.1. The van der Waals surface area contributed by atoms with Gasteiger partial charge in [-0.25, -0.2) is 0 Å². The van der Waals surface area contributed by atoms with Crippen LogP contribution in [0.4, 0.5) is 0 Å². The van der Waals surface area contributed by atoms with Crippen molar-refractivity contribution in [1.82, 2.24) is 0 Å². The molecule has 0 heterocycles. The zero-order valence-electron chi connectivity index (χ0n) is 18.8. The number of nitrogens with zero attached hydrogens (tertiary/aromatic N) is 1. The molecule has 0 saturated carbocycles. The van der Waals surface area contributed by atoms with Crippen molar-refractivity contribution in [2.24, 2.45) is 0 Å². The molecule has 4 heteroatoms. The monoisotopic (exact) mass is 393 g/mol. The maximum absolute atomic E-state index is 10.4. The number of unbranched alkanes of at least 4 members (excludes halogenated alkanes) is 4. The van der Waals surface area contributed by atoms with Crippen LogP contribution in [0, 0.1) is 0 Å². The fourth-order valence-corrected chi connectivity index (χ4v) is 3.44. The molecule has 4 nitrogen and oxygen atoms in total. The molecule has 0 radical (unpaired) electrons. The molecular formula is C24H43NO3. The van der Waals surface area contributed by atoms with Crippen LogP contribution in [0.25, 0.3) is 0 Å². The number of carbonyl (C=O) groups excluding carboxylic acids is 1. The van der Waals surface area contributed by atoms with Gasteiger partial charge in [-0.05, 0) is 31.2 Å². The molecular weight excluding hydrogens is 350 g/mol. The van der Waals surface area contributed by atoms with Crippen molar-refractivity contribution in [3.8, 4) is 0 Å². The molecule has 0 aromatic heterocycles. The lowest BCUT2D eigenvalue weighted by molar-refractivity contribution is -0.929. The highest BCUT2D eigenvalue weighted by atomic mass is 17.1. The van der Waals surface area contributed by atoms with Gasteiger partial charge in [-0.1, -0.05) is 83.7 Å². The Morgan fingerprint density at radius 1 is 0.786 bits per heavy atom. The molecule has 1 aromatic carbocycles. The summed E-state index contributed by atoms with van der Waals surface area (Å²) < 4.78 is 1.42. The molecule has 0 N–H and O–H groups in total. The van der Waals surface area contributed by atoms with Gasteiger partial charge in [-0.15, -0.1) is 0 Å². The molecule has 1 rings (SSSR count). The van der Waals surface area contributed by atoms with Crippen molar-refractivity contribution in [2.45, 2.75) is 85.5 Å². The van der Waals surface area contributed by atoms with Crippen molar-refractivity contribution >= 4 is 5.97 Å². The first kappa shape index (κ1) is 26.6. The van der Waals surface area contributed by atoms with Gasteiger partial charge in [0.15, 0.2) is 0 Å². The van der Waals surface area contributed by atoms with E-state index < -0.39 is 5.97 Å². The normalized spacial score (nSPS) is 10.9. The largest absolute Gasteiger partial charge is 0.662 e. The molecule has 0 unspecified atom stereocenters. The Labute approximate surface area is 173 Å². The second-order valence-corrected chi connectivity index (χ2v) is 7.77. The highest BCUT2D eigenvalue weighted by Gasteiger charge is 2.24. The summed E-state index contributed by atoms with van der Waals surface area (Å²) in [5.41, 5.74) is 0.786. The van der Waals surface area contributed by atoms with Crippen LogP contribution in [0.5, 0.6) is 0 Å². The van der Waals surface area contributed by atoms with Gasteiger partial charge in [0, 0.05) is 0 Å². The summed E-state index contributed by atoms with van der Waals surface area (Å²) in [4.78, 5) is 13.7. The number of benzene rings is 1. The van der Waals surface area contributed by atoms with E-state index in [9.17, 15) is 10.1 Å². The number of quaternary nitrogens is 1. The smallest absolute Gasteiger partial charge is 0.304 e. The Hall–Kier alpha value is -1.39. The predicted octanol–water partition coefficient (Wildman–Crippen LogP) is 5.05. The SMILES string of the molecule is CCCC[N+](CCCC)(CCCC)CCCC.O=C(Cc1ccccc1)O[O-]. The third-order valence-electron chi connectivity index (χ3n) is 5.23. The van der Waals surface area contributed by atoms with Crippen molar-refractivity contribution in [3.63, 3.8) is 0 Å². The minimum Gasteiger partial charge on any atom is -0.662 e. The van der Waals surface area contributed by atoms with E-state index in [0.29, 0.717) is 0 Å². The average molecular weight is 394 g/mol. The maximum atomic E-state index is 10.4. The van der Waals surface area contributed by atoms with Gasteiger partial charge in [-0.2, -0.15) is 0 Å². The Morgan fingerprint density at radius 2 is 1.18 bits per heavy atom. The molecule has 0 atom stereocenters. The van der Waals surface area contributed by atoms with Gasteiger partial charge in [0.2, 0.25) is 0 Å². The first-order valence-corrected chi connectivity index (χ1v) is 11.3. The van der Waals surface area contributed by atoms with Gasteiger partial charge in [0.25, 0.3) is 0 Å². The van der Waals surface area contributed by atoms with Gasteiger partial charge >= 0.3 is 5.97 Å². The molecule has 0 fully saturated rings. The number of hydrogen-bond donors (Lipinski definition) is 0. The van der Waals surface area contributed by atoms with E-state index >= 15 is 0 Å². The highest BCUT2D eigenvalue weighted by Crippen LogP contribution is 2.16. The highest BCUT2D eigenvalue weighted by molar-refractivity contribution is 5.71. The van der Waals surface area contributed by atoms with E-state index in [2.05, 4.69) is 32.6 Å². The summed E-state index contributed by atoms with van der Waals surface area (Å²) in [7, 11) is 0. The number of rotatable bonds is 14. The van der Waals surface area contributed by atoms with Crippen molar-refractivity contribution < 1.29 is 19.4 Å². The Kier molecular flexibility index (Phi) is 16.8. The lowest BCUT2D eigenvalue weighted by Crippen LogP contribution is -2.50. The van der Waals surface area contributed by atoms with Crippen LogP contribution in [-0.4, -0.2) is 36.6 Å². The van der Waals surface area contributed by atoms with Crippen LogP contribution in [-0.2, 0) is 16.1 Å². The minimum absolute atomic E-state index is 0.0460. The Bertz CT molecular complexity index is 438. The van der Waals surface area contributed by atoms with Crippen LogP contribution < -0.4 is 5.26 Å². The number of hydrogen-bond acceptors (Lipinski definition) is 3. The predicted molar refractivity (Wildman–Crippen MR) is 116 cm³/mol. The zero-order valence-corrected chi connectivity index (χ0v) is 18.8. The molecule has 0 aliphatic heterocycles. The molecule has 0 amide bonds. The van der Waals surface area contributed by atoms with E-state index in [1.54, 1.807) is 24.3 Å². The second kappa shape index (κ2) is 17.7. The Morgan fingerprint density at radius 3 is 1.50 bits per heavy atom. The van der Waals surface area contributed by atoms with Crippen molar-refractivity contribution in [2.75, 3.05) is 26.2 Å². The van der Waals surface area contributed by atoms with E-state index in [1.165, 1.54) is 82.0 Å². The van der Waals surface area contributed by atoms with Crippen LogP contribution in [0.3, 0.4) is 0 Å². The molecule has 0 bridgehead atoms. The molecule has 0 saturated heterocycles. The lowest BCUT2D eigenvalue weighted by Gasteiger charge is -2.39. The van der Waals surface area contributed by atoms with Crippen LogP contribution in [0.2, 0.25) is 0 Å². The lowest BCUT2D eigenvalue weighted by atomic mass is 10.1. The standard InChI is InChI=1S/C16H36N.C8H8O3/c1-5-9-13-17(14-10-6-2,15-11-7-3)16-12-8-4;9-8(11-10)6-7-4-2-1-3-5-7/h5-16H2,1-4H3;1-5,10H,6H2/q+1;/p-1. The van der Waals surface area contributed by atoms with Gasteiger partial charge in [0.1, 0.15) is 0 Å². The van der Waals surface area contributed by atoms with Crippen LogP contribution in [0.1, 0.15) is 84.6 Å². The molecule has 0 spiro atoms. The quantitative estimate of drug-likeness (QED) is 0.252. The second-order valence-electron chi connectivity index (χ2n) is 7.77. The van der Waals surface area contributed by atoms with E-state index in [1.807, 2.05) is 6.07 Å². The van der Waals surface area contributed by atoms with Gasteiger partial charge < -0.3 is 14.6 Å². The molecule has 1 aromatic rings. The first-order valence-electron chi connectivity index (χ1n) is 11.3. The van der Waals surface area contributed by atoms with E-state index in [-0.39, 0.29) is 6.42 Å². The molecule has 28 heavy (non-hydrogen) atoms. The summed E-state index contributed by atoms with van der Waals surface area (Å²) in [6.45, 7) is 15.0. The van der Waals surface area contributed by atoms with Gasteiger partial charge in [-0.3, -0.25) is 4.79 Å². The molecule has 0 aliphatic rings. The third kappa shape index (κ3) is 12.9. The average Bonchev–Trinajstić information content (AvgIpc) is 2.74. The summed E-state index contributed by atoms with van der Waals surface area (Å²) in [5.74, 6) is -0.754. The maximum Gasteiger partial charge on any atom is 0.304 e. The van der Waals surface area contributed by atoms with Crippen LogP contribution in [0.15, 0.2) is 30.3 Å². The van der Waals surface area contributed by atoms with E-state index in [0.717, 1.165) is 5.56 Å².